The molecule has 3 heterocycles. The van der Waals surface area contributed by atoms with Crippen molar-refractivity contribution in [1.82, 2.24) is 14.7 Å². The number of amides is 3. The zero-order valence-electron chi connectivity index (χ0n) is 27.1. The molecule has 10 heteroatoms. The predicted octanol–water partition coefficient (Wildman–Crippen LogP) is 4.28. The Kier molecular flexibility index (Phi) is 12.4. The van der Waals surface area contributed by atoms with E-state index in [0.717, 1.165) is 36.8 Å². The number of likely N-dealkylation sites (tertiary alicyclic amines) is 2. The molecule has 0 spiro atoms. The lowest BCUT2D eigenvalue weighted by Gasteiger charge is -2.35. The maximum atomic E-state index is 14.6. The quantitative estimate of drug-likeness (QED) is 0.303. The number of ether oxygens (including phenoxy) is 2. The summed E-state index contributed by atoms with van der Waals surface area (Å²) in [5.41, 5.74) is 1.64. The largest absolute Gasteiger partial charge is 0.491 e. The van der Waals surface area contributed by atoms with Crippen molar-refractivity contribution < 1.29 is 33.8 Å². The second kappa shape index (κ2) is 17.1. The standard InChI is InChI=1S/C37H47N3O7/c41-22-23-46-32-16-14-28(15-17-32)26-40-33(29-10-2-1-3-11-29)27-47-37(45)31(25-35(43)39-20-8-9-21-39)13-5-4-12-30(36(40)44)24-34(42)38-18-6-7-19-38/h1-5,10-11,14-17,30-31,33,41H,6-9,12-13,18-27H2. The van der Waals surface area contributed by atoms with Crippen LogP contribution < -0.4 is 4.74 Å². The average molecular weight is 646 g/mol. The lowest BCUT2D eigenvalue weighted by molar-refractivity contribution is -0.156. The third-order valence-electron chi connectivity index (χ3n) is 9.31. The van der Waals surface area contributed by atoms with E-state index in [0.29, 0.717) is 44.8 Å². The Bertz CT molecular complexity index is 1370. The monoisotopic (exact) mass is 645 g/mol. The SMILES string of the molecule is O=C1OCC(c2ccccc2)N(Cc2ccc(OCCO)cc2)C(=O)C(CC(=O)N2CCCC2)CC=CCC1CC(=O)N1CCCC1. The van der Waals surface area contributed by atoms with Gasteiger partial charge in [-0.05, 0) is 61.8 Å². The lowest BCUT2D eigenvalue weighted by atomic mass is 9.94. The van der Waals surface area contributed by atoms with E-state index >= 15 is 0 Å². The fourth-order valence-electron chi connectivity index (χ4n) is 6.62. The highest BCUT2D eigenvalue weighted by Crippen LogP contribution is 2.30. The van der Waals surface area contributed by atoms with Crippen LogP contribution in [0.4, 0.5) is 0 Å². The Morgan fingerprint density at radius 3 is 1.96 bits per heavy atom. The van der Waals surface area contributed by atoms with E-state index in [9.17, 15) is 19.2 Å². The van der Waals surface area contributed by atoms with E-state index in [1.54, 1.807) is 17.0 Å². The number of hydrogen-bond acceptors (Lipinski definition) is 7. The van der Waals surface area contributed by atoms with E-state index < -0.39 is 23.8 Å². The average Bonchev–Trinajstić information content (AvgIpc) is 3.84. The van der Waals surface area contributed by atoms with Crippen molar-refractivity contribution in [3.63, 3.8) is 0 Å². The zero-order valence-corrected chi connectivity index (χ0v) is 27.1. The maximum Gasteiger partial charge on any atom is 0.309 e. The molecule has 3 aliphatic rings. The third kappa shape index (κ3) is 9.44. The van der Waals surface area contributed by atoms with E-state index in [2.05, 4.69) is 0 Å². The van der Waals surface area contributed by atoms with Crippen LogP contribution in [0.15, 0.2) is 66.7 Å². The van der Waals surface area contributed by atoms with Crippen molar-refractivity contribution in [3.8, 4) is 5.75 Å². The number of aliphatic hydroxyl groups is 1. The van der Waals surface area contributed by atoms with Gasteiger partial charge in [0.1, 0.15) is 19.0 Å². The normalized spacial score (nSPS) is 22.5. The molecule has 0 saturated carbocycles. The predicted molar refractivity (Wildman–Crippen MR) is 176 cm³/mol. The summed E-state index contributed by atoms with van der Waals surface area (Å²) >= 11 is 0. The van der Waals surface area contributed by atoms with Crippen LogP contribution in [0.2, 0.25) is 0 Å². The van der Waals surface area contributed by atoms with Crippen LogP contribution in [-0.2, 0) is 30.5 Å². The third-order valence-corrected chi connectivity index (χ3v) is 9.31. The van der Waals surface area contributed by atoms with Crippen molar-refractivity contribution in [3.05, 3.63) is 77.9 Å². The molecule has 0 aliphatic carbocycles. The van der Waals surface area contributed by atoms with E-state index in [1.165, 1.54) is 0 Å². The highest BCUT2D eigenvalue weighted by Gasteiger charge is 2.35. The Labute approximate surface area is 277 Å². The summed E-state index contributed by atoms with van der Waals surface area (Å²) in [4.78, 5) is 60.1. The molecule has 47 heavy (non-hydrogen) atoms. The van der Waals surface area contributed by atoms with Gasteiger partial charge in [-0.1, -0.05) is 54.6 Å². The van der Waals surface area contributed by atoms with Gasteiger partial charge in [0.15, 0.2) is 0 Å². The minimum absolute atomic E-state index is 0.0246. The number of hydrogen-bond donors (Lipinski definition) is 1. The molecule has 3 aliphatic heterocycles. The van der Waals surface area contributed by atoms with Gasteiger partial charge in [-0.15, -0.1) is 0 Å². The Morgan fingerprint density at radius 2 is 1.36 bits per heavy atom. The highest BCUT2D eigenvalue weighted by atomic mass is 16.5. The molecular weight excluding hydrogens is 598 g/mol. The van der Waals surface area contributed by atoms with Crippen molar-refractivity contribution in [2.24, 2.45) is 11.8 Å². The molecule has 2 saturated heterocycles. The van der Waals surface area contributed by atoms with Gasteiger partial charge in [0.25, 0.3) is 0 Å². The van der Waals surface area contributed by atoms with Gasteiger partial charge < -0.3 is 29.3 Å². The minimum Gasteiger partial charge on any atom is -0.491 e. The van der Waals surface area contributed by atoms with Gasteiger partial charge in [-0.25, -0.2) is 0 Å². The van der Waals surface area contributed by atoms with E-state index in [-0.39, 0.29) is 56.9 Å². The molecule has 0 aromatic heterocycles. The first-order valence-corrected chi connectivity index (χ1v) is 17.0. The molecule has 10 nitrogen and oxygen atoms in total. The molecule has 1 N–H and O–H groups in total. The van der Waals surface area contributed by atoms with Crippen molar-refractivity contribution in [2.45, 2.75) is 64.0 Å². The first-order chi connectivity index (χ1) is 22.9. The summed E-state index contributed by atoms with van der Waals surface area (Å²) in [5, 5.41) is 9.12. The van der Waals surface area contributed by atoms with Crippen LogP contribution >= 0.6 is 0 Å². The summed E-state index contributed by atoms with van der Waals surface area (Å²) in [6.07, 6.45) is 8.44. The fourth-order valence-corrected chi connectivity index (χ4v) is 6.62. The van der Waals surface area contributed by atoms with Crippen LogP contribution in [0.1, 0.15) is 68.5 Å². The molecule has 0 radical (unpaired) electrons. The van der Waals surface area contributed by atoms with E-state index in [1.807, 2.05) is 64.4 Å². The number of aliphatic hydroxyl groups excluding tert-OH is 1. The maximum absolute atomic E-state index is 14.6. The molecule has 2 aromatic rings. The van der Waals surface area contributed by atoms with Crippen LogP contribution in [0.3, 0.4) is 0 Å². The molecular formula is C37H47N3O7. The number of esters is 1. The van der Waals surface area contributed by atoms with Gasteiger partial charge in [-0.2, -0.15) is 0 Å². The molecule has 3 amide bonds. The second-order valence-electron chi connectivity index (χ2n) is 12.7. The number of nitrogens with zero attached hydrogens (tertiary/aromatic N) is 3. The number of rotatable bonds is 10. The molecule has 0 bridgehead atoms. The van der Waals surface area contributed by atoms with Crippen molar-refractivity contribution in [2.75, 3.05) is 46.0 Å². The van der Waals surface area contributed by atoms with Crippen LogP contribution in [0.25, 0.3) is 0 Å². The number of benzene rings is 2. The van der Waals surface area contributed by atoms with Crippen molar-refractivity contribution in [1.29, 1.82) is 0 Å². The van der Waals surface area contributed by atoms with Gasteiger partial charge in [0, 0.05) is 45.6 Å². The van der Waals surface area contributed by atoms with E-state index in [4.69, 9.17) is 14.6 Å². The summed E-state index contributed by atoms with van der Waals surface area (Å²) in [6.45, 7) is 3.05. The Hall–Kier alpha value is -4.18. The summed E-state index contributed by atoms with van der Waals surface area (Å²) in [6, 6.07) is 16.2. The second-order valence-corrected chi connectivity index (χ2v) is 12.7. The van der Waals surface area contributed by atoms with Crippen LogP contribution in [0, 0.1) is 11.8 Å². The Balaban J connectivity index is 1.46. The Morgan fingerprint density at radius 1 is 0.787 bits per heavy atom. The van der Waals surface area contributed by atoms with Gasteiger partial charge in [0.2, 0.25) is 17.7 Å². The first-order valence-electron chi connectivity index (χ1n) is 17.0. The van der Waals surface area contributed by atoms with Crippen molar-refractivity contribution >= 4 is 23.7 Å². The fraction of sp³-hybridized carbons (Fsp3) is 0.514. The van der Waals surface area contributed by atoms with Gasteiger partial charge in [0.05, 0.1) is 24.5 Å². The van der Waals surface area contributed by atoms with Gasteiger partial charge in [-0.3, -0.25) is 19.2 Å². The van der Waals surface area contributed by atoms with Gasteiger partial charge >= 0.3 is 5.97 Å². The molecule has 3 unspecified atom stereocenters. The number of cyclic esters (lactones) is 1. The molecule has 5 rings (SSSR count). The molecule has 252 valence electrons. The molecule has 2 fully saturated rings. The number of carbonyl (C=O) groups is 4. The summed E-state index contributed by atoms with van der Waals surface area (Å²) in [5.74, 6) is -1.36. The number of allylic oxidation sites excluding steroid dienone is 2. The molecule has 2 aromatic carbocycles. The topological polar surface area (TPSA) is 117 Å². The minimum atomic E-state index is -0.643. The summed E-state index contributed by atoms with van der Waals surface area (Å²) < 4.78 is 11.5. The lowest BCUT2D eigenvalue weighted by Crippen LogP contribution is -2.43. The highest BCUT2D eigenvalue weighted by molar-refractivity contribution is 5.87. The van der Waals surface area contributed by atoms with Crippen LogP contribution in [0.5, 0.6) is 5.75 Å². The summed E-state index contributed by atoms with van der Waals surface area (Å²) in [7, 11) is 0. The zero-order chi connectivity index (χ0) is 33.0. The van der Waals surface area contributed by atoms with Crippen LogP contribution in [-0.4, -0.2) is 89.5 Å². The molecule has 3 atom stereocenters. The first kappa shape index (κ1) is 34.2. The smallest absolute Gasteiger partial charge is 0.309 e. The number of carbonyl (C=O) groups excluding carboxylic acids is 4.